The van der Waals surface area contributed by atoms with E-state index < -0.39 is 17.4 Å². The largest absolute Gasteiger partial charge is 0.497 e. The summed E-state index contributed by atoms with van der Waals surface area (Å²) >= 11 is 0. The number of hydrogen-bond acceptors (Lipinski definition) is 4. The lowest BCUT2D eigenvalue weighted by Gasteiger charge is -2.38. The van der Waals surface area contributed by atoms with E-state index in [1.807, 2.05) is 36.4 Å². The maximum absolute atomic E-state index is 12.6. The summed E-state index contributed by atoms with van der Waals surface area (Å²) < 4.78 is 11.3. The van der Waals surface area contributed by atoms with Gasteiger partial charge in [-0.1, -0.05) is 38.1 Å². The number of nitrogens with two attached hydrogens (primary N) is 1. The van der Waals surface area contributed by atoms with Gasteiger partial charge in [0.05, 0.1) is 12.5 Å². The van der Waals surface area contributed by atoms with Crippen molar-refractivity contribution in [2.24, 2.45) is 11.1 Å². The van der Waals surface area contributed by atoms with Crippen LogP contribution in [0.1, 0.15) is 30.9 Å². The van der Waals surface area contributed by atoms with Crippen molar-refractivity contribution >= 4 is 11.9 Å². The normalized spacial score (nSPS) is 15.4. The van der Waals surface area contributed by atoms with E-state index in [0.717, 1.165) is 11.1 Å². The van der Waals surface area contributed by atoms with Crippen LogP contribution in [0.3, 0.4) is 0 Å². The fourth-order valence-electron chi connectivity index (χ4n) is 3.25. The first-order chi connectivity index (χ1) is 11.8. The molecule has 1 aliphatic heterocycles. The third kappa shape index (κ3) is 2.91. The molecule has 1 atom stereocenters. The van der Waals surface area contributed by atoms with Gasteiger partial charge >= 0.3 is 6.03 Å². The average Bonchev–Trinajstić information content (AvgIpc) is 2.58. The van der Waals surface area contributed by atoms with Crippen LogP contribution in [0.5, 0.6) is 17.2 Å². The first-order valence-electron chi connectivity index (χ1n) is 7.90. The molecule has 0 aromatic heterocycles. The Labute approximate surface area is 145 Å². The van der Waals surface area contributed by atoms with Gasteiger partial charge in [-0.15, -0.1) is 0 Å². The summed E-state index contributed by atoms with van der Waals surface area (Å²) in [5.74, 6) is 1.22. The second-order valence-corrected chi connectivity index (χ2v) is 6.52. The Morgan fingerprint density at radius 3 is 2.48 bits per heavy atom. The van der Waals surface area contributed by atoms with Crippen LogP contribution in [-0.4, -0.2) is 19.0 Å². The summed E-state index contributed by atoms with van der Waals surface area (Å²) in [6.45, 7) is 3.57. The molecule has 25 heavy (non-hydrogen) atoms. The van der Waals surface area contributed by atoms with E-state index in [9.17, 15) is 9.59 Å². The van der Waals surface area contributed by atoms with Crippen molar-refractivity contribution in [3.63, 3.8) is 0 Å². The molecule has 1 aliphatic rings. The van der Waals surface area contributed by atoms with Crippen LogP contribution < -0.4 is 20.5 Å². The number of imide groups is 1. The van der Waals surface area contributed by atoms with Crippen LogP contribution >= 0.6 is 0 Å². The summed E-state index contributed by atoms with van der Waals surface area (Å²) in [7, 11) is 1.58. The molecule has 3 amide bonds. The summed E-state index contributed by atoms with van der Waals surface area (Å²) in [4.78, 5) is 23.8. The molecule has 0 fully saturated rings. The third-order valence-corrected chi connectivity index (χ3v) is 4.53. The number of ether oxygens (including phenoxy) is 2. The number of hydrogen-bond donors (Lipinski definition) is 2. The van der Waals surface area contributed by atoms with Gasteiger partial charge in [-0.3, -0.25) is 10.1 Å². The molecule has 1 heterocycles. The predicted octanol–water partition coefficient (Wildman–Crippen LogP) is 3.15. The standard InChI is InChI=1S/C19H20N2O4/c1-19(2,17(22)21-18(20)23)16-12-6-4-5-7-14(12)25-15-10-11(24-3)8-9-13(15)16/h4-10,16H,1-3H3,(H3,20,21,22,23). The van der Waals surface area contributed by atoms with Crippen molar-refractivity contribution < 1.29 is 19.1 Å². The quantitative estimate of drug-likeness (QED) is 0.898. The molecule has 1 unspecified atom stereocenters. The minimum absolute atomic E-state index is 0.308. The highest BCUT2D eigenvalue weighted by atomic mass is 16.5. The maximum atomic E-state index is 12.6. The van der Waals surface area contributed by atoms with Crippen molar-refractivity contribution in [3.8, 4) is 17.2 Å². The van der Waals surface area contributed by atoms with Crippen molar-refractivity contribution in [2.75, 3.05) is 7.11 Å². The molecule has 0 radical (unpaired) electrons. The lowest BCUT2D eigenvalue weighted by atomic mass is 9.69. The molecular weight excluding hydrogens is 320 g/mol. The van der Waals surface area contributed by atoms with Gasteiger partial charge < -0.3 is 15.2 Å². The monoisotopic (exact) mass is 340 g/mol. The number of para-hydroxylation sites is 1. The SMILES string of the molecule is COc1ccc2c(c1)Oc1ccccc1C2C(C)(C)C(=O)NC(N)=O. The fraction of sp³-hybridized carbons (Fsp3) is 0.263. The van der Waals surface area contributed by atoms with Crippen molar-refractivity contribution in [3.05, 3.63) is 53.6 Å². The molecule has 0 spiro atoms. The van der Waals surface area contributed by atoms with E-state index in [1.165, 1.54) is 0 Å². The number of fused-ring (bicyclic) bond motifs is 2. The molecule has 0 bridgehead atoms. The van der Waals surface area contributed by atoms with E-state index in [-0.39, 0.29) is 5.92 Å². The van der Waals surface area contributed by atoms with Crippen molar-refractivity contribution in [2.45, 2.75) is 19.8 Å². The Morgan fingerprint density at radius 2 is 1.80 bits per heavy atom. The fourth-order valence-corrected chi connectivity index (χ4v) is 3.25. The van der Waals surface area contributed by atoms with Crippen LogP contribution in [0.2, 0.25) is 0 Å². The summed E-state index contributed by atoms with van der Waals surface area (Å²) in [5.41, 5.74) is 5.93. The number of benzene rings is 2. The maximum Gasteiger partial charge on any atom is 0.318 e. The number of nitrogens with one attached hydrogen (secondary N) is 1. The number of rotatable bonds is 3. The highest BCUT2D eigenvalue weighted by Crippen LogP contribution is 2.52. The number of carbonyl (C=O) groups is 2. The van der Waals surface area contributed by atoms with Gasteiger partial charge in [0.25, 0.3) is 0 Å². The Hall–Kier alpha value is -3.02. The second kappa shape index (κ2) is 6.12. The summed E-state index contributed by atoms with van der Waals surface area (Å²) in [6.07, 6.45) is 0. The zero-order valence-electron chi connectivity index (χ0n) is 14.3. The van der Waals surface area contributed by atoms with E-state index in [1.54, 1.807) is 27.0 Å². The molecule has 0 saturated carbocycles. The van der Waals surface area contributed by atoms with Gasteiger partial charge in [-0.25, -0.2) is 4.79 Å². The zero-order chi connectivity index (χ0) is 18.2. The van der Waals surface area contributed by atoms with Crippen molar-refractivity contribution in [1.29, 1.82) is 0 Å². The van der Waals surface area contributed by atoms with E-state index in [0.29, 0.717) is 17.2 Å². The molecule has 3 rings (SSSR count). The van der Waals surface area contributed by atoms with E-state index in [4.69, 9.17) is 15.2 Å². The zero-order valence-corrected chi connectivity index (χ0v) is 14.3. The Balaban J connectivity index is 2.15. The number of methoxy groups -OCH3 is 1. The summed E-state index contributed by atoms with van der Waals surface area (Å²) in [6, 6.07) is 12.2. The first-order valence-corrected chi connectivity index (χ1v) is 7.90. The van der Waals surface area contributed by atoms with Crippen LogP contribution in [0, 0.1) is 5.41 Å². The van der Waals surface area contributed by atoms with Gasteiger partial charge in [-0.2, -0.15) is 0 Å². The van der Waals surface area contributed by atoms with Gasteiger partial charge in [-0.05, 0) is 12.1 Å². The van der Waals surface area contributed by atoms with E-state index >= 15 is 0 Å². The number of carbonyl (C=O) groups excluding carboxylic acids is 2. The number of amides is 3. The van der Waals surface area contributed by atoms with Gasteiger partial charge in [0.2, 0.25) is 5.91 Å². The molecule has 2 aromatic rings. The van der Waals surface area contributed by atoms with Crippen molar-refractivity contribution in [1.82, 2.24) is 5.32 Å². The Bertz CT molecular complexity index is 845. The van der Waals surface area contributed by atoms with Crippen LogP contribution in [0.25, 0.3) is 0 Å². The number of primary amides is 1. The second-order valence-electron chi connectivity index (χ2n) is 6.52. The minimum atomic E-state index is -0.932. The molecule has 3 N–H and O–H groups in total. The Kier molecular flexibility index (Phi) is 4.12. The smallest absolute Gasteiger partial charge is 0.318 e. The van der Waals surface area contributed by atoms with Crippen LogP contribution in [0.4, 0.5) is 4.79 Å². The van der Waals surface area contributed by atoms with Gasteiger partial charge in [0.15, 0.2) is 0 Å². The molecule has 6 heteroatoms. The highest BCUT2D eigenvalue weighted by Gasteiger charge is 2.43. The first kappa shape index (κ1) is 16.8. The number of urea groups is 1. The van der Waals surface area contributed by atoms with Crippen LogP contribution in [0.15, 0.2) is 42.5 Å². The van der Waals surface area contributed by atoms with Gasteiger partial charge in [0.1, 0.15) is 17.2 Å². The minimum Gasteiger partial charge on any atom is -0.497 e. The van der Waals surface area contributed by atoms with Gasteiger partial charge in [0, 0.05) is 23.1 Å². The molecule has 130 valence electrons. The Morgan fingerprint density at radius 1 is 1.12 bits per heavy atom. The van der Waals surface area contributed by atoms with E-state index in [2.05, 4.69) is 5.32 Å². The molecule has 6 nitrogen and oxygen atoms in total. The highest BCUT2D eigenvalue weighted by molar-refractivity contribution is 5.97. The predicted molar refractivity (Wildman–Crippen MR) is 92.9 cm³/mol. The lowest BCUT2D eigenvalue weighted by molar-refractivity contribution is -0.128. The molecule has 2 aromatic carbocycles. The summed E-state index contributed by atoms with van der Waals surface area (Å²) in [5, 5.41) is 2.20. The average molecular weight is 340 g/mol. The molecule has 0 saturated heterocycles. The third-order valence-electron chi connectivity index (χ3n) is 4.53. The lowest BCUT2D eigenvalue weighted by Crippen LogP contribution is -2.46. The molecule has 0 aliphatic carbocycles. The molecular formula is C19H20N2O4. The topological polar surface area (TPSA) is 90.7 Å². The van der Waals surface area contributed by atoms with Crippen LogP contribution in [-0.2, 0) is 4.79 Å².